The number of imidazole rings is 1. The molecule has 0 spiro atoms. The molecule has 0 aliphatic carbocycles. The van der Waals surface area contributed by atoms with Crippen molar-refractivity contribution in [1.29, 1.82) is 5.26 Å². The molecule has 0 unspecified atom stereocenters. The number of rotatable bonds is 6. The lowest BCUT2D eigenvalue weighted by atomic mass is 9.99. The Hall–Kier alpha value is -3.91. The highest BCUT2D eigenvalue weighted by molar-refractivity contribution is 6.02. The number of para-hydroxylation sites is 1. The highest BCUT2D eigenvalue weighted by atomic mass is 16.5. The molecule has 5 nitrogen and oxygen atoms in total. The summed E-state index contributed by atoms with van der Waals surface area (Å²) in [6, 6.07) is 23.6. The monoisotopic (exact) mass is 423 g/mol. The number of hydrogen-bond acceptors (Lipinski definition) is 4. The predicted octanol–water partition coefficient (Wildman–Crippen LogP) is 5.92. The number of carbonyl (C=O) groups is 1. The summed E-state index contributed by atoms with van der Waals surface area (Å²) < 4.78 is 7.41. The molecule has 0 aliphatic heterocycles. The molecule has 5 heteroatoms. The summed E-state index contributed by atoms with van der Waals surface area (Å²) >= 11 is 0. The molecule has 0 bridgehead atoms. The van der Waals surface area contributed by atoms with E-state index in [0.29, 0.717) is 24.3 Å². The first-order chi connectivity index (χ1) is 15.5. The van der Waals surface area contributed by atoms with Crippen LogP contribution in [0.1, 0.15) is 54.0 Å². The van der Waals surface area contributed by atoms with E-state index in [1.807, 2.05) is 48.5 Å². The van der Waals surface area contributed by atoms with Crippen molar-refractivity contribution in [2.24, 2.45) is 0 Å². The van der Waals surface area contributed by atoms with Gasteiger partial charge in [0.25, 0.3) is 0 Å². The maximum Gasteiger partial charge on any atom is 0.340 e. The SMILES string of the molecule is CCOC(=O)c1cccc2nc(C(C)C)n(Cc3ccc(-c4ccccc4C#N)cc3)c12. The summed E-state index contributed by atoms with van der Waals surface area (Å²) in [6.07, 6.45) is 0. The molecule has 0 amide bonds. The standard InChI is InChI=1S/C27H25N3O2/c1-4-32-27(31)23-10-7-11-24-25(23)30(26(29-24)18(2)3)17-19-12-14-20(15-13-19)22-9-6-5-8-21(22)16-28/h5-15,18H,4,17H2,1-3H3. The first-order valence-electron chi connectivity index (χ1n) is 10.8. The quantitative estimate of drug-likeness (QED) is 0.361. The molecule has 32 heavy (non-hydrogen) atoms. The van der Waals surface area contributed by atoms with Gasteiger partial charge in [-0.05, 0) is 41.8 Å². The van der Waals surface area contributed by atoms with E-state index in [9.17, 15) is 10.1 Å². The molecule has 0 atom stereocenters. The number of aromatic nitrogens is 2. The third-order valence-corrected chi connectivity index (χ3v) is 5.46. The van der Waals surface area contributed by atoms with Crippen molar-refractivity contribution in [1.82, 2.24) is 9.55 Å². The fourth-order valence-corrected chi connectivity index (χ4v) is 3.98. The Balaban J connectivity index is 1.76. The van der Waals surface area contributed by atoms with Crippen LogP contribution >= 0.6 is 0 Å². The summed E-state index contributed by atoms with van der Waals surface area (Å²) in [5.74, 6) is 0.785. The van der Waals surface area contributed by atoms with E-state index in [0.717, 1.165) is 33.5 Å². The summed E-state index contributed by atoms with van der Waals surface area (Å²) in [6.45, 7) is 6.92. The summed E-state index contributed by atoms with van der Waals surface area (Å²) in [5.41, 5.74) is 5.78. The summed E-state index contributed by atoms with van der Waals surface area (Å²) in [4.78, 5) is 17.4. The lowest BCUT2D eigenvalue weighted by Crippen LogP contribution is -2.11. The molecule has 160 valence electrons. The van der Waals surface area contributed by atoms with Crippen LogP contribution in [0.2, 0.25) is 0 Å². The maximum absolute atomic E-state index is 12.6. The number of fused-ring (bicyclic) bond motifs is 1. The molecular formula is C27H25N3O2. The number of nitriles is 1. The van der Waals surface area contributed by atoms with Crippen LogP contribution in [-0.4, -0.2) is 22.1 Å². The Kier molecular flexibility index (Phi) is 6.04. The van der Waals surface area contributed by atoms with Crippen LogP contribution in [0.3, 0.4) is 0 Å². The van der Waals surface area contributed by atoms with Crippen molar-refractivity contribution < 1.29 is 9.53 Å². The van der Waals surface area contributed by atoms with Crippen LogP contribution in [0.5, 0.6) is 0 Å². The highest BCUT2D eigenvalue weighted by Crippen LogP contribution is 2.28. The van der Waals surface area contributed by atoms with Gasteiger partial charge in [-0.2, -0.15) is 5.26 Å². The third kappa shape index (κ3) is 4.00. The third-order valence-electron chi connectivity index (χ3n) is 5.46. The Morgan fingerprint density at radius 1 is 1.06 bits per heavy atom. The van der Waals surface area contributed by atoms with Gasteiger partial charge in [0.1, 0.15) is 5.82 Å². The molecule has 0 radical (unpaired) electrons. The van der Waals surface area contributed by atoms with Gasteiger partial charge >= 0.3 is 5.97 Å². The number of ether oxygens (including phenoxy) is 1. The molecule has 0 saturated carbocycles. The minimum atomic E-state index is -0.335. The highest BCUT2D eigenvalue weighted by Gasteiger charge is 2.20. The van der Waals surface area contributed by atoms with E-state index in [-0.39, 0.29) is 11.9 Å². The van der Waals surface area contributed by atoms with Crippen LogP contribution in [0, 0.1) is 11.3 Å². The zero-order valence-corrected chi connectivity index (χ0v) is 18.5. The van der Waals surface area contributed by atoms with Crippen LogP contribution in [0.25, 0.3) is 22.2 Å². The molecule has 0 N–H and O–H groups in total. The number of esters is 1. The molecule has 4 rings (SSSR count). The fraction of sp³-hybridized carbons (Fsp3) is 0.222. The zero-order valence-electron chi connectivity index (χ0n) is 18.5. The van der Waals surface area contributed by atoms with Crippen molar-refractivity contribution in [3.05, 3.63) is 89.2 Å². The molecule has 1 aromatic heterocycles. The van der Waals surface area contributed by atoms with Crippen LogP contribution in [0.15, 0.2) is 66.7 Å². The second-order valence-corrected chi connectivity index (χ2v) is 7.96. The first kappa shape index (κ1) is 21.3. The second-order valence-electron chi connectivity index (χ2n) is 7.96. The second kappa shape index (κ2) is 9.07. The largest absolute Gasteiger partial charge is 0.462 e. The van der Waals surface area contributed by atoms with E-state index in [1.54, 1.807) is 13.0 Å². The molecule has 1 heterocycles. The number of hydrogen-bond donors (Lipinski definition) is 0. The normalized spacial score (nSPS) is 11.0. The molecule has 0 aliphatic rings. The van der Waals surface area contributed by atoms with Crippen molar-refractivity contribution in [2.45, 2.75) is 33.2 Å². The Bertz CT molecular complexity index is 1310. The minimum Gasteiger partial charge on any atom is -0.462 e. The lowest BCUT2D eigenvalue weighted by Gasteiger charge is -2.14. The first-order valence-corrected chi connectivity index (χ1v) is 10.8. The fourth-order valence-electron chi connectivity index (χ4n) is 3.98. The smallest absolute Gasteiger partial charge is 0.340 e. The lowest BCUT2D eigenvalue weighted by molar-refractivity contribution is 0.0528. The van der Waals surface area contributed by atoms with Crippen LogP contribution < -0.4 is 0 Å². The average molecular weight is 424 g/mol. The van der Waals surface area contributed by atoms with E-state index in [4.69, 9.17) is 9.72 Å². The van der Waals surface area contributed by atoms with Crippen LogP contribution in [0.4, 0.5) is 0 Å². The average Bonchev–Trinajstić information content (AvgIpc) is 3.18. The Morgan fingerprint density at radius 2 is 1.81 bits per heavy atom. The van der Waals surface area contributed by atoms with Gasteiger partial charge in [0.15, 0.2) is 0 Å². The number of benzene rings is 3. The van der Waals surface area contributed by atoms with Crippen molar-refractivity contribution in [3.63, 3.8) is 0 Å². The Morgan fingerprint density at radius 3 is 2.50 bits per heavy atom. The van der Waals surface area contributed by atoms with Gasteiger partial charge in [-0.3, -0.25) is 0 Å². The van der Waals surface area contributed by atoms with Gasteiger partial charge < -0.3 is 9.30 Å². The van der Waals surface area contributed by atoms with E-state index in [1.165, 1.54) is 0 Å². The Labute approximate surface area is 187 Å². The van der Waals surface area contributed by atoms with Gasteiger partial charge in [0, 0.05) is 12.5 Å². The maximum atomic E-state index is 12.6. The molecule has 0 fully saturated rings. The summed E-state index contributed by atoms with van der Waals surface area (Å²) in [7, 11) is 0. The topological polar surface area (TPSA) is 67.9 Å². The van der Waals surface area contributed by atoms with Gasteiger partial charge in [0.05, 0.1) is 34.8 Å². The van der Waals surface area contributed by atoms with E-state index < -0.39 is 0 Å². The van der Waals surface area contributed by atoms with Crippen LogP contribution in [-0.2, 0) is 11.3 Å². The van der Waals surface area contributed by atoms with Crippen molar-refractivity contribution in [3.8, 4) is 17.2 Å². The number of carbonyl (C=O) groups excluding carboxylic acids is 1. The van der Waals surface area contributed by atoms with Crippen molar-refractivity contribution in [2.75, 3.05) is 6.61 Å². The van der Waals surface area contributed by atoms with E-state index >= 15 is 0 Å². The molecule has 0 saturated heterocycles. The predicted molar refractivity (Wildman–Crippen MR) is 125 cm³/mol. The molecule has 3 aromatic carbocycles. The summed E-state index contributed by atoms with van der Waals surface area (Å²) in [5, 5.41) is 9.40. The zero-order chi connectivity index (χ0) is 22.7. The van der Waals surface area contributed by atoms with Gasteiger partial charge in [-0.25, -0.2) is 9.78 Å². The minimum absolute atomic E-state index is 0.194. The molecule has 4 aromatic rings. The van der Waals surface area contributed by atoms with Gasteiger partial charge in [-0.1, -0.05) is 62.4 Å². The molecular weight excluding hydrogens is 398 g/mol. The van der Waals surface area contributed by atoms with Gasteiger partial charge in [-0.15, -0.1) is 0 Å². The number of nitrogens with zero attached hydrogens (tertiary/aromatic N) is 3. The van der Waals surface area contributed by atoms with Gasteiger partial charge in [0.2, 0.25) is 0 Å². The van der Waals surface area contributed by atoms with E-state index in [2.05, 4.69) is 36.6 Å². The van der Waals surface area contributed by atoms with Crippen molar-refractivity contribution >= 4 is 17.0 Å².